The van der Waals surface area contributed by atoms with E-state index in [-0.39, 0.29) is 23.4 Å². The molecule has 0 radical (unpaired) electrons. The van der Waals surface area contributed by atoms with Gasteiger partial charge >= 0.3 is 0 Å². The molecule has 92 valence electrons. The summed E-state index contributed by atoms with van der Waals surface area (Å²) >= 11 is 0. The third kappa shape index (κ3) is 2.75. The van der Waals surface area contributed by atoms with Crippen LogP contribution in [0.2, 0.25) is 0 Å². The number of aromatic nitrogens is 1. The van der Waals surface area contributed by atoms with Gasteiger partial charge in [-0.1, -0.05) is 0 Å². The monoisotopic (exact) mass is 234 g/mol. The van der Waals surface area contributed by atoms with E-state index in [1.807, 2.05) is 13.8 Å². The zero-order valence-corrected chi connectivity index (χ0v) is 10.3. The number of carbonyl (C=O) groups excluding carboxylic acids is 1. The molecule has 1 fully saturated rings. The molecule has 1 aliphatic carbocycles. The number of aromatic hydroxyl groups is 1. The molecule has 17 heavy (non-hydrogen) atoms. The van der Waals surface area contributed by atoms with Gasteiger partial charge in [0, 0.05) is 18.8 Å². The predicted octanol–water partition coefficient (Wildman–Crippen LogP) is 2.05. The summed E-state index contributed by atoms with van der Waals surface area (Å²) in [5.74, 6) is 0.413. The second kappa shape index (κ2) is 4.73. The Bertz CT molecular complexity index is 414. The van der Waals surface area contributed by atoms with Gasteiger partial charge in [0.15, 0.2) is 5.69 Å². The first-order valence-electron chi connectivity index (χ1n) is 6.04. The molecule has 1 aromatic rings. The van der Waals surface area contributed by atoms with E-state index < -0.39 is 0 Å². The number of rotatable bonds is 4. The van der Waals surface area contributed by atoms with Crippen molar-refractivity contribution in [3.05, 3.63) is 24.0 Å². The first-order chi connectivity index (χ1) is 8.09. The van der Waals surface area contributed by atoms with Crippen LogP contribution in [0.4, 0.5) is 0 Å². The fourth-order valence-electron chi connectivity index (χ4n) is 1.80. The molecule has 1 aromatic heterocycles. The minimum absolute atomic E-state index is 0.0426. The molecule has 0 atom stereocenters. The molecule has 0 bridgehead atoms. The summed E-state index contributed by atoms with van der Waals surface area (Å²) in [6.45, 7) is 4.74. The third-order valence-corrected chi connectivity index (χ3v) is 3.03. The summed E-state index contributed by atoms with van der Waals surface area (Å²) in [7, 11) is 0. The van der Waals surface area contributed by atoms with E-state index in [1.54, 1.807) is 11.0 Å². The van der Waals surface area contributed by atoms with Gasteiger partial charge in [-0.15, -0.1) is 0 Å². The van der Waals surface area contributed by atoms with Crippen molar-refractivity contribution in [1.82, 2.24) is 9.88 Å². The van der Waals surface area contributed by atoms with Crippen LogP contribution in [-0.2, 0) is 0 Å². The van der Waals surface area contributed by atoms with Gasteiger partial charge in [-0.25, -0.2) is 4.98 Å². The number of hydrogen-bond acceptors (Lipinski definition) is 3. The Morgan fingerprint density at radius 3 is 2.82 bits per heavy atom. The van der Waals surface area contributed by atoms with E-state index in [0.29, 0.717) is 5.92 Å². The lowest BCUT2D eigenvalue weighted by Crippen LogP contribution is -2.38. The minimum atomic E-state index is -0.176. The number of nitrogens with zero attached hydrogens (tertiary/aromatic N) is 2. The molecule has 1 heterocycles. The van der Waals surface area contributed by atoms with Crippen molar-refractivity contribution in [3.8, 4) is 5.75 Å². The molecular weight excluding hydrogens is 216 g/mol. The Kier molecular flexibility index (Phi) is 3.31. The van der Waals surface area contributed by atoms with Crippen molar-refractivity contribution in [2.24, 2.45) is 5.92 Å². The molecule has 1 saturated carbocycles. The highest BCUT2D eigenvalue weighted by Gasteiger charge is 2.30. The van der Waals surface area contributed by atoms with Gasteiger partial charge in [0.25, 0.3) is 5.91 Å². The maximum atomic E-state index is 12.3. The number of pyridine rings is 1. The first-order valence-corrected chi connectivity index (χ1v) is 6.04. The van der Waals surface area contributed by atoms with Crippen LogP contribution in [0.3, 0.4) is 0 Å². The largest absolute Gasteiger partial charge is 0.505 e. The smallest absolute Gasteiger partial charge is 0.276 e. The topological polar surface area (TPSA) is 53.4 Å². The predicted molar refractivity (Wildman–Crippen MR) is 64.8 cm³/mol. The highest BCUT2D eigenvalue weighted by molar-refractivity contribution is 5.95. The molecule has 0 aliphatic heterocycles. The van der Waals surface area contributed by atoms with E-state index in [9.17, 15) is 9.90 Å². The zero-order valence-electron chi connectivity index (χ0n) is 10.3. The molecule has 1 N–H and O–H groups in total. The van der Waals surface area contributed by atoms with Gasteiger partial charge in [0.2, 0.25) is 0 Å². The maximum absolute atomic E-state index is 12.3. The van der Waals surface area contributed by atoms with Crippen molar-refractivity contribution >= 4 is 5.91 Å². The van der Waals surface area contributed by atoms with Gasteiger partial charge in [0.1, 0.15) is 5.75 Å². The molecule has 1 aliphatic rings. The molecule has 0 saturated heterocycles. The average Bonchev–Trinajstić information content (AvgIpc) is 3.09. The van der Waals surface area contributed by atoms with Crippen molar-refractivity contribution in [2.45, 2.75) is 32.7 Å². The fraction of sp³-hybridized carbons (Fsp3) is 0.538. The van der Waals surface area contributed by atoms with Crippen LogP contribution in [0.5, 0.6) is 5.75 Å². The molecule has 0 spiro atoms. The van der Waals surface area contributed by atoms with E-state index in [0.717, 1.165) is 6.54 Å². The summed E-state index contributed by atoms with van der Waals surface area (Å²) in [5.41, 5.74) is 0.154. The van der Waals surface area contributed by atoms with E-state index in [4.69, 9.17) is 0 Å². The average molecular weight is 234 g/mol. The third-order valence-electron chi connectivity index (χ3n) is 3.03. The van der Waals surface area contributed by atoms with E-state index in [2.05, 4.69) is 4.98 Å². The maximum Gasteiger partial charge on any atom is 0.276 e. The Labute approximate surface area is 101 Å². The van der Waals surface area contributed by atoms with Gasteiger partial charge in [-0.05, 0) is 44.7 Å². The molecule has 1 amide bonds. The van der Waals surface area contributed by atoms with Gasteiger partial charge in [0.05, 0.1) is 0 Å². The molecule has 4 nitrogen and oxygen atoms in total. The summed E-state index contributed by atoms with van der Waals surface area (Å²) in [4.78, 5) is 18.0. The Hall–Kier alpha value is -1.58. The molecule has 4 heteroatoms. The summed E-state index contributed by atoms with van der Waals surface area (Å²) in [6, 6.07) is 3.24. The second-order valence-electron chi connectivity index (χ2n) is 4.87. The summed E-state index contributed by atoms with van der Waals surface area (Å²) in [6.07, 6.45) is 3.93. The first kappa shape index (κ1) is 11.9. The Morgan fingerprint density at radius 1 is 1.59 bits per heavy atom. The van der Waals surface area contributed by atoms with Crippen LogP contribution in [0.1, 0.15) is 37.2 Å². The van der Waals surface area contributed by atoms with Crippen LogP contribution in [-0.4, -0.2) is 33.5 Å². The summed E-state index contributed by atoms with van der Waals surface area (Å²) < 4.78 is 0. The highest BCUT2D eigenvalue weighted by atomic mass is 16.3. The van der Waals surface area contributed by atoms with Gasteiger partial charge in [-0.2, -0.15) is 0 Å². The molecular formula is C13H18N2O2. The van der Waals surface area contributed by atoms with Crippen molar-refractivity contribution in [1.29, 1.82) is 0 Å². The lowest BCUT2D eigenvalue weighted by Gasteiger charge is -2.26. The number of carbonyl (C=O) groups is 1. The lowest BCUT2D eigenvalue weighted by atomic mass is 10.2. The van der Waals surface area contributed by atoms with Crippen molar-refractivity contribution in [3.63, 3.8) is 0 Å². The molecule has 0 aromatic carbocycles. The van der Waals surface area contributed by atoms with Gasteiger partial charge < -0.3 is 10.0 Å². The normalized spacial score (nSPS) is 15.0. The molecule has 2 rings (SSSR count). The van der Waals surface area contributed by atoms with Crippen LogP contribution in [0.15, 0.2) is 18.3 Å². The quantitative estimate of drug-likeness (QED) is 0.867. The van der Waals surface area contributed by atoms with Gasteiger partial charge in [-0.3, -0.25) is 4.79 Å². The number of hydrogen-bond donors (Lipinski definition) is 1. The van der Waals surface area contributed by atoms with E-state index in [1.165, 1.54) is 25.1 Å². The second-order valence-corrected chi connectivity index (χ2v) is 4.87. The lowest BCUT2D eigenvalue weighted by molar-refractivity contribution is 0.0687. The van der Waals surface area contributed by atoms with Crippen LogP contribution < -0.4 is 0 Å². The minimum Gasteiger partial charge on any atom is -0.505 e. The van der Waals surface area contributed by atoms with Crippen molar-refractivity contribution < 1.29 is 9.90 Å². The van der Waals surface area contributed by atoms with Crippen LogP contribution in [0.25, 0.3) is 0 Å². The van der Waals surface area contributed by atoms with Crippen LogP contribution >= 0.6 is 0 Å². The zero-order chi connectivity index (χ0) is 12.4. The van der Waals surface area contributed by atoms with Crippen LogP contribution in [0, 0.1) is 5.92 Å². The Morgan fingerprint density at radius 2 is 2.29 bits per heavy atom. The fourth-order valence-corrected chi connectivity index (χ4v) is 1.80. The molecule has 0 unspecified atom stereocenters. The van der Waals surface area contributed by atoms with Crippen molar-refractivity contribution in [2.75, 3.05) is 6.54 Å². The number of amides is 1. The highest BCUT2D eigenvalue weighted by Crippen LogP contribution is 2.31. The summed E-state index contributed by atoms with van der Waals surface area (Å²) in [5, 5.41) is 9.65. The van der Waals surface area contributed by atoms with E-state index >= 15 is 0 Å². The Balaban J connectivity index is 2.18. The standard InChI is InChI=1S/C13H18N2O2/c1-9(2)15(8-10-5-6-10)13(17)12-11(16)4-3-7-14-12/h3-4,7,9-10,16H,5-6,8H2,1-2H3. The SMILES string of the molecule is CC(C)N(CC1CC1)C(=O)c1ncccc1O.